The monoisotopic (exact) mass is 432 g/mol. The maximum absolute atomic E-state index is 11.2. The number of carboxylic acid groups (broad SMARTS) is 1. The van der Waals surface area contributed by atoms with E-state index in [1.54, 1.807) is 33.2 Å². The number of thioether (sulfide) groups is 1. The van der Waals surface area contributed by atoms with E-state index in [0.717, 1.165) is 11.0 Å². The van der Waals surface area contributed by atoms with Crippen LogP contribution in [0.2, 0.25) is 5.02 Å². The largest absolute Gasteiger partial charge is 0.491 e. The number of aliphatic hydroxyl groups excluding tert-OH is 1. The van der Waals surface area contributed by atoms with Gasteiger partial charge in [0.2, 0.25) is 5.78 Å². The maximum atomic E-state index is 11.2. The normalized spacial score (nSPS) is 12.5. The Morgan fingerprint density at radius 3 is 2.59 bits per heavy atom. The lowest BCUT2D eigenvalue weighted by Gasteiger charge is -2.11. The number of hydrogen-bond donors (Lipinski definition) is 2. The van der Waals surface area contributed by atoms with Gasteiger partial charge in [-0.05, 0) is 36.4 Å². The summed E-state index contributed by atoms with van der Waals surface area (Å²) in [4.78, 5) is 11.2. The van der Waals surface area contributed by atoms with E-state index < -0.39 is 12.1 Å². The van der Waals surface area contributed by atoms with E-state index in [1.165, 1.54) is 11.8 Å². The number of aliphatic hydroxyl groups is 1. The number of benzene rings is 2. The fourth-order valence-electron chi connectivity index (χ4n) is 2.96. The van der Waals surface area contributed by atoms with E-state index in [0.29, 0.717) is 27.5 Å². The number of nitrogens with zero attached hydrogens (tertiary/aromatic N) is 4. The van der Waals surface area contributed by atoms with Gasteiger partial charge in [-0.1, -0.05) is 35.5 Å². The summed E-state index contributed by atoms with van der Waals surface area (Å²) in [6.45, 7) is -0.0886. The third-order valence-corrected chi connectivity index (χ3v) is 5.55. The van der Waals surface area contributed by atoms with Crippen molar-refractivity contribution in [2.24, 2.45) is 0 Å². The molecule has 2 heterocycles. The molecule has 0 amide bonds. The standard InChI is InChI=1S/C19H17ClN4O4S/c20-12-5-7-14(8-6-12)28-10-13(25)11-29-19-22-21-18-23(9-17(26)27)15-3-1-2-4-16(15)24(18)19/h1-8,13,25H,9-11H2,(H,26,27). The average Bonchev–Trinajstić information content (AvgIpc) is 3.25. The molecule has 0 saturated carbocycles. The van der Waals surface area contributed by atoms with Crippen molar-refractivity contribution in [1.29, 1.82) is 0 Å². The third kappa shape index (κ3) is 4.16. The van der Waals surface area contributed by atoms with Crippen molar-refractivity contribution in [2.75, 3.05) is 12.4 Å². The quantitative estimate of drug-likeness (QED) is 0.413. The fourth-order valence-corrected chi connectivity index (χ4v) is 3.94. The van der Waals surface area contributed by atoms with E-state index in [1.807, 2.05) is 24.3 Å². The molecule has 0 bridgehead atoms. The van der Waals surface area contributed by atoms with E-state index in [-0.39, 0.29) is 13.2 Å². The van der Waals surface area contributed by atoms with Crippen molar-refractivity contribution in [3.63, 3.8) is 0 Å². The highest BCUT2D eigenvalue weighted by atomic mass is 35.5. The lowest BCUT2D eigenvalue weighted by Crippen LogP contribution is -2.20. The Bertz CT molecular complexity index is 1160. The minimum Gasteiger partial charge on any atom is -0.491 e. The first-order valence-electron chi connectivity index (χ1n) is 8.76. The number of aromatic nitrogens is 4. The molecule has 0 radical (unpaired) electrons. The van der Waals surface area contributed by atoms with Gasteiger partial charge in [-0.15, -0.1) is 10.2 Å². The van der Waals surface area contributed by atoms with Gasteiger partial charge in [-0.25, -0.2) is 0 Å². The highest BCUT2D eigenvalue weighted by Gasteiger charge is 2.19. The van der Waals surface area contributed by atoms with Gasteiger partial charge in [0.05, 0.1) is 17.1 Å². The zero-order valence-corrected chi connectivity index (χ0v) is 16.7. The predicted molar refractivity (Wildman–Crippen MR) is 110 cm³/mol. The van der Waals surface area contributed by atoms with E-state index >= 15 is 0 Å². The average molecular weight is 433 g/mol. The van der Waals surface area contributed by atoms with Crippen LogP contribution in [0, 0.1) is 0 Å². The van der Waals surface area contributed by atoms with Gasteiger partial charge in [0.15, 0.2) is 5.16 Å². The number of fused-ring (bicyclic) bond motifs is 3. The van der Waals surface area contributed by atoms with Crippen LogP contribution in [0.5, 0.6) is 5.75 Å². The van der Waals surface area contributed by atoms with Crippen LogP contribution in [-0.4, -0.2) is 53.8 Å². The molecule has 4 aromatic rings. The molecule has 2 N–H and O–H groups in total. The summed E-state index contributed by atoms with van der Waals surface area (Å²) in [7, 11) is 0. The molecule has 0 aliphatic heterocycles. The molecule has 8 nitrogen and oxygen atoms in total. The second kappa shape index (κ2) is 8.32. The summed E-state index contributed by atoms with van der Waals surface area (Å²) in [5.41, 5.74) is 1.57. The molecule has 0 aliphatic rings. The Kier molecular flexibility index (Phi) is 5.61. The van der Waals surface area contributed by atoms with Gasteiger partial charge in [0.25, 0.3) is 0 Å². The van der Waals surface area contributed by atoms with Crippen LogP contribution in [0.3, 0.4) is 0 Å². The van der Waals surface area contributed by atoms with Gasteiger partial charge in [-0.2, -0.15) is 0 Å². The van der Waals surface area contributed by atoms with Crippen LogP contribution in [0.4, 0.5) is 0 Å². The number of aliphatic carboxylic acids is 1. The molecule has 0 saturated heterocycles. The van der Waals surface area contributed by atoms with Crippen molar-refractivity contribution in [1.82, 2.24) is 19.2 Å². The van der Waals surface area contributed by atoms with Crippen LogP contribution < -0.4 is 4.74 Å². The Morgan fingerprint density at radius 2 is 1.86 bits per heavy atom. The number of carboxylic acids is 1. The number of hydrogen-bond acceptors (Lipinski definition) is 6. The molecule has 0 fully saturated rings. The van der Waals surface area contributed by atoms with E-state index in [9.17, 15) is 15.0 Å². The molecular formula is C19H17ClN4O4S. The van der Waals surface area contributed by atoms with Crippen molar-refractivity contribution in [3.05, 3.63) is 53.6 Å². The summed E-state index contributed by atoms with van der Waals surface area (Å²) in [6.07, 6.45) is -0.726. The number of rotatable bonds is 8. The zero-order valence-electron chi connectivity index (χ0n) is 15.1. The molecule has 150 valence electrons. The summed E-state index contributed by atoms with van der Waals surface area (Å²) >= 11 is 7.17. The van der Waals surface area contributed by atoms with Crippen molar-refractivity contribution >= 4 is 46.1 Å². The predicted octanol–water partition coefficient (Wildman–Crippen LogP) is 2.95. The van der Waals surface area contributed by atoms with Gasteiger partial charge < -0.3 is 14.9 Å². The smallest absolute Gasteiger partial charge is 0.323 e. The van der Waals surface area contributed by atoms with Gasteiger partial charge >= 0.3 is 5.97 Å². The molecule has 10 heteroatoms. The number of imidazole rings is 1. The first-order valence-corrected chi connectivity index (χ1v) is 10.1. The van der Waals surface area contributed by atoms with Gasteiger partial charge in [-0.3, -0.25) is 13.8 Å². The minimum absolute atomic E-state index is 0.122. The first kappa shape index (κ1) is 19.6. The molecular weight excluding hydrogens is 416 g/mol. The van der Waals surface area contributed by atoms with E-state index in [2.05, 4.69) is 10.2 Å². The van der Waals surface area contributed by atoms with Crippen molar-refractivity contribution in [3.8, 4) is 5.75 Å². The first-order chi connectivity index (χ1) is 14.0. The number of para-hydroxylation sites is 2. The Morgan fingerprint density at radius 1 is 1.14 bits per heavy atom. The minimum atomic E-state index is -0.958. The lowest BCUT2D eigenvalue weighted by atomic mass is 10.3. The number of ether oxygens (including phenoxy) is 1. The molecule has 0 spiro atoms. The molecule has 2 aromatic carbocycles. The summed E-state index contributed by atoms with van der Waals surface area (Å²) in [5, 5.41) is 29.0. The van der Waals surface area contributed by atoms with Crippen LogP contribution in [0.25, 0.3) is 16.8 Å². The Balaban J connectivity index is 1.49. The van der Waals surface area contributed by atoms with Crippen LogP contribution in [0.15, 0.2) is 53.7 Å². The van der Waals surface area contributed by atoms with Crippen LogP contribution in [-0.2, 0) is 11.3 Å². The Hall–Kier alpha value is -2.75. The molecule has 1 atom stereocenters. The summed E-state index contributed by atoms with van der Waals surface area (Å²) < 4.78 is 8.97. The SMILES string of the molecule is O=C(O)Cn1c2ccccc2n2c(SCC(O)COc3ccc(Cl)cc3)nnc12. The van der Waals surface area contributed by atoms with Gasteiger partial charge in [0, 0.05) is 10.8 Å². The zero-order chi connectivity index (χ0) is 20.4. The highest BCUT2D eigenvalue weighted by molar-refractivity contribution is 7.99. The topological polar surface area (TPSA) is 102 Å². The van der Waals surface area contributed by atoms with Gasteiger partial charge in [0.1, 0.15) is 18.9 Å². The van der Waals surface area contributed by atoms with Crippen molar-refractivity contribution in [2.45, 2.75) is 17.8 Å². The molecule has 4 rings (SSSR count). The number of halogens is 1. The maximum Gasteiger partial charge on any atom is 0.323 e. The molecule has 1 unspecified atom stereocenters. The van der Waals surface area contributed by atoms with E-state index in [4.69, 9.17) is 16.3 Å². The van der Waals surface area contributed by atoms with Crippen LogP contribution in [0.1, 0.15) is 0 Å². The third-order valence-electron chi connectivity index (χ3n) is 4.23. The molecule has 0 aliphatic carbocycles. The lowest BCUT2D eigenvalue weighted by molar-refractivity contribution is -0.137. The highest BCUT2D eigenvalue weighted by Crippen LogP contribution is 2.26. The second-order valence-electron chi connectivity index (χ2n) is 6.32. The second-order valence-corrected chi connectivity index (χ2v) is 7.74. The molecule has 29 heavy (non-hydrogen) atoms. The Labute approximate surface area is 174 Å². The summed E-state index contributed by atoms with van der Waals surface area (Å²) in [5.74, 6) is 0.454. The number of carbonyl (C=O) groups is 1. The fraction of sp³-hybridized carbons (Fsp3) is 0.211. The molecule has 2 aromatic heterocycles. The summed E-state index contributed by atoms with van der Waals surface area (Å²) in [6, 6.07) is 14.4. The van der Waals surface area contributed by atoms with Crippen molar-refractivity contribution < 1.29 is 19.7 Å². The van der Waals surface area contributed by atoms with Crippen LogP contribution >= 0.6 is 23.4 Å².